The molecule has 2 aromatic carbocycles. The van der Waals surface area contributed by atoms with Gasteiger partial charge in [0.2, 0.25) is 0 Å². The summed E-state index contributed by atoms with van der Waals surface area (Å²) in [5.41, 5.74) is 2.53. The van der Waals surface area contributed by atoms with E-state index in [1.165, 1.54) is 0 Å². The Balaban J connectivity index is 0.00000225. The number of nitrogens with zero attached hydrogens (tertiary/aromatic N) is 1. The second-order valence-corrected chi connectivity index (χ2v) is 8.11. The monoisotopic (exact) mass is 384 g/mol. The van der Waals surface area contributed by atoms with Gasteiger partial charge >= 0.3 is 0 Å². The van der Waals surface area contributed by atoms with E-state index in [4.69, 9.17) is 0 Å². The maximum Gasteiger partial charge on any atom is 0.0992 e. The summed E-state index contributed by atoms with van der Waals surface area (Å²) in [4.78, 5) is 0. The van der Waals surface area contributed by atoms with Crippen molar-refractivity contribution in [3.8, 4) is 0 Å². The molecule has 138 valence electrons. The van der Waals surface area contributed by atoms with Gasteiger partial charge in [-0.3, -0.25) is 9.11 Å². The van der Waals surface area contributed by atoms with Gasteiger partial charge in [-0.1, -0.05) is 36.4 Å². The summed E-state index contributed by atoms with van der Waals surface area (Å²) >= 11 is 0. The lowest BCUT2D eigenvalue weighted by molar-refractivity contribution is 0.153. The van der Waals surface area contributed by atoms with Gasteiger partial charge in [0.05, 0.1) is 22.7 Å². The second kappa shape index (κ2) is 8.40. The Morgan fingerprint density at radius 2 is 1.76 bits per heavy atom. The fourth-order valence-corrected chi connectivity index (χ4v) is 5.30. The Kier molecular flexibility index (Phi) is 6.73. The van der Waals surface area contributed by atoms with E-state index in [0.29, 0.717) is 19.4 Å². The molecule has 0 saturated heterocycles. The van der Waals surface area contributed by atoms with Crippen LogP contribution in [0.1, 0.15) is 12.0 Å². The molecular formula is C18H25ClN2O3S. The highest BCUT2D eigenvalue weighted by atomic mass is 35.5. The average molecular weight is 385 g/mol. The van der Waals surface area contributed by atoms with Crippen molar-refractivity contribution in [2.45, 2.75) is 24.2 Å². The highest BCUT2D eigenvalue weighted by molar-refractivity contribution is 8.26. The van der Waals surface area contributed by atoms with Crippen LogP contribution in [0.5, 0.6) is 0 Å². The van der Waals surface area contributed by atoms with Crippen LogP contribution in [0.15, 0.2) is 54.6 Å². The summed E-state index contributed by atoms with van der Waals surface area (Å²) in [6, 6.07) is 17.1. The number of para-hydroxylation sites is 2. The third-order valence-electron chi connectivity index (χ3n) is 4.42. The molecular weight excluding hydrogens is 360 g/mol. The van der Waals surface area contributed by atoms with Crippen molar-refractivity contribution in [1.29, 1.82) is 0 Å². The Morgan fingerprint density at radius 3 is 2.44 bits per heavy atom. The number of anilines is 2. The van der Waals surface area contributed by atoms with E-state index in [9.17, 15) is 14.2 Å². The van der Waals surface area contributed by atoms with Crippen molar-refractivity contribution in [2.24, 2.45) is 0 Å². The molecule has 3 rings (SSSR count). The molecule has 0 bridgehead atoms. The van der Waals surface area contributed by atoms with Crippen LogP contribution in [0.4, 0.5) is 11.4 Å². The number of nitrogens with one attached hydrogen (secondary N) is 1. The van der Waals surface area contributed by atoms with E-state index in [2.05, 4.69) is 5.32 Å². The Hall–Kier alpha value is -1.28. The number of benzene rings is 2. The molecule has 1 heterocycles. The molecule has 0 unspecified atom stereocenters. The topological polar surface area (TPSA) is 76.0 Å². The largest absolute Gasteiger partial charge is 0.391 e. The molecule has 7 heteroatoms. The molecule has 2 atom stereocenters. The zero-order valence-corrected chi connectivity index (χ0v) is 15.7. The standard InChI is InChI=1S/C18H24N2O3S.ClH/c1-19-12-11-17(21)18-13-14-7-5-6-10-16(14)20(24(18,22)23)15-8-3-2-4-9-15;/h2-10,17-19,21-23H,11-13H2,1H3;1H/t17-,18+;/m1./s1. The lowest BCUT2D eigenvalue weighted by Crippen LogP contribution is -2.44. The zero-order chi connectivity index (χ0) is 17.2. The van der Waals surface area contributed by atoms with Crippen LogP contribution >= 0.6 is 23.2 Å². The van der Waals surface area contributed by atoms with Crippen LogP contribution in [0, 0.1) is 0 Å². The fraction of sp³-hybridized carbons (Fsp3) is 0.333. The number of fused-ring (bicyclic) bond motifs is 1. The summed E-state index contributed by atoms with van der Waals surface area (Å²) in [6.45, 7) is 0.625. The molecule has 0 aromatic heterocycles. The summed E-state index contributed by atoms with van der Waals surface area (Å²) in [5.74, 6) is 0. The van der Waals surface area contributed by atoms with E-state index >= 15 is 0 Å². The smallest absolute Gasteiger partial charge is 0.0992 e. The number of aliphatic hydroxyl groups excluding tert-OH is 1. The predicted molar refractivity (Wildman–Crippen MR) is 107 cm³/mol. The van der Waals surface area contributed by atoms with Gasteiger partial charge < -0.3 is 10.4 Å². The van der Waals surface area contributed by atoms with Crippen molar-refractivity contribution in [2.75, 3.05) is 17.9 Å². The summed E-state index contributed by atoms with van der Waals surface area (Å²) in [5, 5.41) is 12.9. The van der Waals surface area contributed by atoms with E-state index < -0.39 is 22.1 Å². The summed E-state index contributed by atoms with van der Waals surface area (Å²) < 4.78 is 23.7. The van der Waals surface area contributed by atoms with Gasteiger partial charge in [-0.15, -0.1) is 23.2 Å². The first kappa shape index (κ1) is 20.0. The minimum atomic E-state index is -3.20. The zero-order valence-electron chi connectivity index (χ0n) is 14.1. The molecule has 0 saturated carbocycles. The Morgan fingerprint density at radius 1 is 1.12 bits per heavy atom. The SMILES string of the molecule is CNCC[C@@H](O)[C@@H]1Cc2ccccc2N(c2ccccc2)S1(O)O.Cl. The van der Waals surface area contributed by atoms with Gasteiger partial charge in [0.1, 0.15) is 0 Å². The third-order valence-corrected chi connectivity index (χ3v) is 6.65. The van der Waals surface area contributed by atoms with Crippen molar-refractivity contribution in [3.05, 3.63) is 60.2 Å². The quantitative estimate of drug-likeness (QED) is 0.630. The molecule has 4 N–H and O–H groups in total. The second-order valence-electron chi connectivity index (χ2n) is 6.02. The third kappa shape index (κ3) is 3.95. The highest BCUT2D eigenvalue weighted by Crippen LogP contribution is 2.60. The van der Waals surface area contributed by atoms with Gasteiger partial charge in [-0.25, -0.2) is 4.31 Å². The highest BCUT2D eigenvalue weighted by Gasteiger charge is 2.42. The van der Waals surface area contributed by atoms with Gasteiger partial charge in [0, 0.05) is 0 Å². The molecule has 0 amide bonds. The molecule has 1 aliphatic rings. The summed E-state index contributed by atoms with van der Waals surface area (Å²) in [6.07, 6.45) is 0.135. The van der Waals surface area contributed by atoms with Crippen LogP contribution in [-0.2, 0) is 6.42 Å². The van der Waals surface area contributed by atoms with Gasteiger partial charge in [0.25, 0.3) is 0 Å². The maximum absolute atomic E-state index is 11.0. The van der Waals surface area contributed by atoms with Crippen LogP contribution in [0.25, 0.3) is 0 Å². The van der Waals surface area contributed by atoms with Crippen LogP contribution in [0.3, 0.4) is 0 Å². The normalized spacial score (nSPS) is 21.0. The first-order valence-electron chi connectivity index (χ1n) is 8.08. The minimum Gasteiger partial charge on any atom is -0.391 e. The number of hydrogen-bond donors (Lipinski definition) is 4. The summed E-state index contributed by atoms with van der Waals surface area (Å²) in [7, 11) is -1.39. The average Bonchev–Trinajstić information content (AvgIpc) is 2.59. The van der Waals surface area contributed by atoms with Crippen LogP contribution < -0.4 is 9.62 Å². The molecule has 2 aromatic rings. The van der Waals surface area contributed by atoms with Crippen LogP contribution in [0.2, 0.25) is 0 Å². The van der Waals surface area contributed by atoms with E-state index in [1.54, 1.807) is 4.31 Å². The molecule has 25 heavy (non-hydrogen) atoms. The van der Waals surface area contributed by atoms with Crippen molar-refractivity contribution < 1.29 is 14.2 Å². The lowest BCUT2D eigenvalue weighted by atomic mass is 10.0. The minimum absolute atomic E-state index is 0. The molecule has 1 aliphatic heterocycles. The maximum atomic E-state index is 11.0. The first-order chi connectivity index (χ1) is 11.6. The lowest BCUT2D eigenvalue weighted by Gasteiger charge is -2.54. The molecule has 0 fully saturated rings. The van der Waals surface area contributed by atoms with Gasteiger partial charge in [0.15, 0.2) is 0 Å². The van der Waals surface area contributed by atoms with Crippen molar-refractivity contribution in [3.63, 3.8) is 0 Å². The van der Waals surface area contributed by atoms with Crippen molar-refractivity contribution in [1.82, 2.24) is 5.32 Å². The van der Waals surface area contributed by atoms with E-state index in [-0.39, 0.29) is 12.4 Å². The Bertz CT molecular complexity index is 687. The number of halogens is 1. The number of hydrogen-bond acceptors (Lipinski definition) is 5. The van der Waals surface area contributed by atoms with Crippen molar-refractivity contribution >= 4 is 34.6 Å². The van der Waals surface area contributed by atoms with E-state index in [0.717, 1.165) is 16.9 Å². The number of aliphatic hydroxyl groups is 1. The number of rotatable bonds is 5. The van der Waals surface area contributed by atoms with Crippen LogP contribution in [-0.4, -0.2) is 39.2 Å². The molecule has 0 aliphatic carbocycles. The van der Waals surface area contributed by atoms with Gasteiger partial charge in [-0.2, -0.15) is 0 Å². The predicted octanol–water partition coefficient (Wildman–Crippen LogP) is 3.81. The molecule has 5 nitrogen and oxygen atoms in total. The Labute approximate surface area is 156 Å². The van der Waals surface area contributed by atoms with E-state index in [1.807, 2.05) is 61.6 Å². The molecule has 0 spiro atoms. The fourth-order valence-electron chi connectivity index (χ4n) is 3.17. The van der Waals surface area contributed by atoms with Gasteiger partial charge in [-0.05, 0) is 50.2 Å². The molecule has 0 radical (unpaired) electrons. The first-order valence-corrected chi connectivity index (χ1v) is 9.65.